The van der Waals surface area contributed by atoms with Gasteiger partial charge in [-0.3, -0.25) is 4.79 Å². The van der Waals surface area contributed by atoms with Crippen LogP contribution in [0.2, 0.25) is 0 Å². The molecule has 0 radical (unpaired) electrons. The Labute approximate surface area is 121 Å². The van der Waals surface area contributed by atoms with Crippen LogP contribution < -0.4 is 0 Å². The topological polar surface area (TPSA) is 49.8 Å². The molecule has 1 aliphatic heterocycles. The standard InChI is InChI=1S/C17H24O3/c1-2-3-4-5-6-9-12-15-16(20-15)13-10-7-8-11-14-17(18)19/h3-4,6-9,13,15H,2,5,10-12,14H2,1H3,(H,18,19)/b4-3-,8-7-,9-6-,16-13-. The summed E-state index contributed by atoms with van der Waals surface area (Å²) in [6, 6.07) is 0. The Morgan fingerprint density at radius 3 is 2.65 bits per heavy atom. The Balaban J connectivity index is 2.05. The van der Waals surface area contributed by atoms with Crippen molar-refractivity contribution in [2.75, 3.05) is 0 Å². The number of epoxide rings is 1. The maximum atomic E-state index is 10.3. The van der Waals surface area contributed by atoms with E-state index in [0.29, 0.717) is 6.42 Å². The number of carbonyl (C=O) groups is 1. The van der Waals surface area contributed by atoms with Gasteiger partial charge in [-0.25, -0.2) is 0 Å². The van der Waals surface area contributed by atoms with Gasteiger partial charge in [0.1, 0.15) is 5.76 Å². The molecule has 0 aromatic heterocycles. The molecule has 1 rings (SSSR count). The van der Waals surface area contributed by atoms with Crippen LogP contribution in [0.5, 0.6) is 0 Å². The van der Waals surface area contributed by atoms with Crippen LogP contribution in [0.25, 0.3) is 0 Å². The molecule has 1 atom stereocenters. The van der Waals surface area contributed by atoms with Gasteiger partial charge >= 0.3 is 5.97 Å². The van der Waals surface area contributed by atoms with Crippen LogP contribution in [0, 0.1) is 0 Å². The Bertz CT molecular complexity index is 402. The minimum absolute atomic E-state index is 0.198. The lowest BCUT2D eigenvalue weighted by molar-refractivity contribution is -0.136. The summed E-state index contributed by atoms with van der Waals surface area (Å²) in [7, 11) is 0. The lowest BCUT2D eigenvalue weighted by Crippen LogP contribution is -1.91. The second kappa shape index (κ2) is 10.1. The lowest BCUT2D eigenvalue weighted by atomic mass is 10.2. The van der Waals surface area contributed by atoms with Crippen molar-refractivity contribution in [3.8, 4) is 0 Å². The van der Waals surface area contributed by atoms with E-state index in [2.05, 4.69) is 37.3 Å². The third-order valence-electron chi connectivity index (χ3n) is 2.88. The zero-order chi connectivity index (χ0) is 14.6. The molecule has 0 amide bonds. The van der Waals surface area contributed by atoms with Gasteiger partial charge in [0, 0.05) is 12.8 Å². The second-order valence-corrected chi connectivity index (χ2v) is 4.67. The van der Waals surface area contributed by atoms with Crippen molar-refractivity contribution in [1.29, 1.82) is 0 Å². The van der Waals surface area contributed by atoms with Gasteiger partial charge in [0.15, 0.2) is 6.10 Å². The Kier molecular flexibility index (Phi) is 8.20. The number of ether oxygens (including phenoxy) is 1. The van der Waals surface area contributed by atoms with Gasteiger partial charge in [0.2, 0.25) is 0 Å². The van der Waals surface area contributed by atoms with Crippen LogP contribution in [0.3, 0.4) is 0 Å². The zero-order valence-electron chi connectivity index (χ0n) is 12.1. The fraction of sp³-hybridized carbons (Fsp3) is 0.471. The molecule has 1 aliphatic rings. The average molecular weight is 276 g/mol. The Morgan fingerprint density at radius 1 is 1.15 bits per heavy atom. The molecule has 110 valence electrons. The monoisotopic (exact) mass is 276 g/mol. The molecule has 1 saturated heterocycles. The molecule has 0 aliphatic carbocycles. The number of carboxylic acids is 1. The highest BCUT2D eigenvalue weighted by molar-refractivity contribution is 5.66. The van der Waals surface area contributed by atoms with E-state index in [1.807, 2.05) is 12.2 Å². The molecule has 0 bridgehead atoms. The van der Waals surface area contributed by atoms with Gasteiger partial charge in [-0.2, -0.15) is 0 Å². The fourth-order valence-electron chi connectivity index (χ4n) is 1.74. The molecule has 0 aromatic rings. The van der Waals surface area contributed by atoms with Gasteiger partial charge in [-0.1, -0.05) is 43.4 Å². The normalized spacial score (nSPS) is 20.2. The molecule has 1 fully saturated rings. The molecule has 3 nitrogen and oxygen atoms in total. The van der Waals surface area contributed by atoms with Gasteiger partial charge in [0.05, 0.1) is 0 Å². The van der Waals surface area contributed by atoms with E-state index in [0.717, 1.165) is 31.4 Å². The summed E-state index contributed by atoms with van der Waals surface area (Å²) in [6.45, 7) is 2.13. The van der Waals surface area contributed by atoms with Gasteiger partial charge in [-0.05, 0) is 31.8 Å². The van der Waals surface area contributed by atoms with Crippen molar-refractivity contribution in [3.05, 3.63) is 48.3 Å². The fourth-order valence-corrected chi connectivity index (χ4v) is 1.74. The van der Waals surface area contributed by atoms with E-state index in [1.165, 1.54) is 0 Å². The first-order chi connectivity index (χ1) is 9.74. The molecule has 1 heterocycles. The maximum Gasteiger partial charge on any atom is 0.303 e. The molecular formula is C17H24O3. The summed E-state index contributed by atoms with van der Waals surface area (Å²) in [6.07, 6.45) is 19.5. The van der Waals surface area contributed by atoms with Crippen molar-refractivity contribution >= 4 is 5.97 Å². The summed E-state index contributed by atoms with van der Waals surface area (Å²) in [5.41, 5.74) is 0. The van der Waals surface area contributed by atoms with Crippen LogP contribution in [0.1, 0.15) is 45.4 Å². The summed E-state index contributed by atoms with van der Waals surface area (Å²) >= 11 is 0. The molecule has 0 spiro atoms. The number of allylic oxidation sites excluding steroid dienone is 6. The van der Waals surface area contributed by atoms with Crippen LogP contribution in [0.15, 0.2) is 48.3 Å². The highest BCUT2D eigenvalue weighted by Gasteiger charge is 2.30. The minimum atomic E-state index is -0.751. The first-order valence-corrected chi connectivity index (χ1v) is 7.27. The van der Waals surface area contributed by atoms with Crippen LogP contribution in [0.4, 0.5) is 0 Å². The Hall–Kier alpha value is -1.77. The molecule has 0 aromatic carbocycles. The largest absolute Gasteiger partial charge is 0.483 e. The first kappa shape index (κ1) is 16.3. The van der Waals surface area contributed by atoms with E-state index in [9.17, 15) is 4.79 Å². The molecule has 3 heteroatoms. The van der Waals surface area contributed by atoms with Crippen LogP contribution >= 0.6 is 0 Å². The highest BCUT2D eigenvalue weighted by atomic mass is 16.6. The van der Waals surface area contributed by atoms with E-state index < -0.39 is 5.97 Å². The predicted molar refractivity (Wildman–Crippen MR) is 81.4 cm³/mol. The zero-order valence-corrected chi connectivity index (χ0v) is 12.1. The second-order valence-electron chi connectivity index (χ2n) is 4.67. The smallest absolute Gasteiger partial charge is 0.303 e. The van der Waals surface area contributed by atoms with E-state index >= 15 is 0 Å². The highest BCUT2D eigenvalue weighted by Crippen LogP contribution is 2.30. The number of rotatable bonds is 10. The van der Waals surface area contributed by atoms with Crippen LogP contribution in [-0.2, 0) is 9.53 Å². The molecular weight excluding hydrogens is 252 g/mol. The predicted octanol–water partition coefficient (Wildman–Crippen LogP) is 4.38. The third kappa shape index (κ3) is 8.35. The number of aliphatic carboxylic acids is 1. The maximum absolute atomic E-state index is 10.3. The molecule has 0 saturated carbocycles. The van der Waals surface area contributed by atoms with Crippen molar-refractivity contribution in [2.24, 2.45) is 0 Å². The van der Waals surface area contributed by atoms with Crippen molar-refractivity contribution in [3.63, 3.8) is 0 Å². The quantitative estimate of drug-likeness (QED) is 0.476. The number of hydrogen-bond donors (Lipinski definition) is 1. The van der Waals surface area contributed by atoms with E-state index in [-0.39, 0.29) is 12.5 Å². The van der Waals surface area contributed by atoms with Crippen molar-refractivity contribution in [2.45, 2.75) is 51.6 Å². The van der Waals surface area contributed by atoms with E-state index in [1.54, 1.807) is 0 Å². The van der Waals surface area contributed by atoms with E-state index in [4.69, 9.17) is 9.84 Å². The SMILES string of the molecule is CC/C=C\C/C=C\CC1O/C1=C\C/C=C\CCC(=O)O. The molecule has 20 heavy (non-hydrogen) atoms. The number of carboxylic acid groups (broad SMARTS) is 1. The third-order valence-corrected chi connectivity index (χ3v) is 2.88. The van der Waals surface area contributed by atoms with Gasteiger partial charge in [0.25, 0.3) is 0 Å². The first-order valence-electron chi connectivity index (χ1n) is 7.27. The van der Waals surface area contributed by atoms with Gasteiger partial charge < -0.3 is 9.84 Å². The van der Waals surface area contributed by atoms with Gasteiger partial charge in [-0.15, -0.1) is 0 Å². The molecule has 1 N–H and O–H groups in total. The lowest BCUT2D eigenvalue weighted by Gasteiger charge is -1.86. The Morgan fingerprint density at radius 2 is 1.90 bits per heavy atom. The summed E-state index contributed by atoms with van der Waals surface area (Å²) in [4.78, 5) is 10.3. The average Bonchev–Trinajstić information content (AvgIpc) is 3.16. The molecule has 1 unspecified atom stereocenters. The van der Waals surface area contributed by atoms with Crippen molar-refractivity contribution < 1.29 is 14.6 Å². The van der Waals surface area contributed by atoms with Crippen molar-refractivity contribution in [1.82, 2.24) is 0 Å². The van der Waals surface area contributed by atoms with Crippen LogP contribution in [-0.4, -0.2) is 17.2 Å². The summed E-state index contributed by atoms with van der Waals surface area (Å²) in [5.74, 6) is 0.306. The minimum Gasteiger partial charge on any atom is -0.483 e. The summed E-state index contributed by atoms with van der Waals surface area (Å²) in [5, 5.41) is 8.48. The number of hydrogen-bond acceptors (Lipinski definition) is 2. The summed E-state index contributed by atoms with van der Waals surface area (Å²) < 4.78 is 5.45.